The molecule has 0 bridgehead atoms. The molecule has 1 heterocycles. The standard InChI is InChI=1S/C14H21BrN2O/c15-13-3-1-2-12(10-13)4-7-17-8-5-14(18,11-16)6-9-17/h1-3,10,18H,4-9,11,16H2. The lowest BCUT2D eigenvalue weighted by molar-refractivity contribution is -0.0130. The van der Waals surface area contributed by atoms with Gasteiger partial charge in [-0.15, -0.1) is 0 Å². The number of benzene rings is 1. The lowest BCUT2D eigenvalue weighted by Gasteiger charge is -2.37. The zero-order chi connectivity index (χ0) is 13.0. The third kappa shape index (κ3) is 3.79. The Morgan fingerprint density at radius 1 is 1.33 bits per heavy atom. The molecule has 1 aromatic carbocycles. The fourth-order valence-corrected chi connectivity index (χ4v) is 2.82. The van der Waals surface area contributed by atoms with Crippen LogP contribution in [0, 0.1) is 0 Å². The van der Waals surface area contributed by atoms with Crippen molar-refractivity contribution >= 4 is 15.9 Å². The van der Waals surface area contributed by atoms with Gasteiger partial charge in [0.15, 0.2) is 0 Å². The quantitative estimate of drug-likeness (QED) is 0.891. The lowest BCUT2D eigenvalue weighted by atomic mass is 9.91. The summed E-state index contributed by atoms with van der Waals surface area (Å²) in [4.78, 5) is 2.41. The number of rotatable bonds is 4. The van der Waals surface area contributed by atoms with Crippen molar-refractivity contribution in [3.8, 4) is 0 Å². The topological polar surface area (TPSA) is 49.5 Å². The predicted octanol–water partition coefficient (Wildman–Crippen LogP) is 1.78. The summed E-state index contributed by atoms with van der Waals surface area (Å²) in [7, 11) is 0. The van der Waals surface area contributed by atoms with Crippen molar-refractivity contribution in [2.24, 2.45) is 5.73 Å². The molecule has 0 amide bonds. The van der Waals surface area contributed by atoms with Crippen LogP contribution in [-0.4, -0.2) is 41.8 Å². The first kappa shape index (κ1) is 14.0. The van der Waals surface area contributed by atoms with Crippen molar-refractivity contribution in [3.05, 3.63) is 34.3 Å². The van der Waals surface area contributed by atoms with E-state index >= 15 is 0 Å². The Balaban J connectivity index is 1.79. The average molecular weight is 313 g/mol. The Morgan fingerprint density at radius 2 is 2.06 bits per heavy atom. The highest BCUT2D eigenvalue weighted by Gasteiger charge is 2.30. The van der Waals surface area contributed by atoms with Crippen LogP contribution in [0.25, 0.3) is 0 Å². The normalized spacial score (nSPS) is 19.9. The summed E-state index contributed by atoms with van der Waals surface area (Å²) in [5, 5.41) is 10.1. The van der Waals surface area contributed by atoms with Crippen molar-refractivity contribution in [3.63, 3.8) is 0 Å². The third-order valence-electron chi connectivity index (χ3n) is 3.77. The largest absolute Gasteiger partial charge is 0.388 e. The predicted molar refractivity (Wildman–Crippen MR) is 77.5 cm³/mol. The molecule has 0 aliphatic carbocycles. The molecular weight excluding hydrogens is 292 g/mol. The van der Waals surface area contributed by atoms with Crippen molar-refractivity contribution in [1.82, 2.24) is 4.90 Å². The summed E-state index contributed by atoms with van der Waals surface area (Å²) in [6, 6.07) is 8.44. The maximum atomic E-state index is 10.1. The molecule has 3 nitrogen and oxygen atoms in total. The van der Waals surface area contributed by atoms with E-state index in [9.17, 15) is 5.11 Å². The van der Waals surface area contributed by atoms with E-state index in [2.05, 4.69) is 39.0 Å². The first-order valence-electron chi connectivity index (χ1n) is 6.51. The third-order valence-corrected chi connectivity index (χ3v) is 4.27. The Hall–Kier alpha value is -0.420. The average Bonchev–Trinajstić information content (AvgIpc) is 2.38. The van der Waals surface area contributed by atoms with E-state index in [4.69, 9.17) is 5.73 Å². The molecule has 0 aromatic heterocycles. The smallest absolute Gasteiger partial charge is 0.0793 e. The van der Waals surface area contributed by atoms with Crippen LogP contribution in [0.1, 0.15) is 18.4 Å². The number of aliphatic hydroxyl groups is 1. The second-order valence-corrected chi connectivity index (χ2v) is 6.07. The van der Waals surface area contributed by atoms with Crippen LogP contribution in [-0.2, 0) is 6.42 Å². The number of likely N-dealkylation sites (tertiary alicyclic amines) is 1. The second-order valence-electron chi connectivity index (χ2n) is 5.15. The van der Waals surface area contributed by atoms with Gasteiger partial charge < -0.3 is 15.7 Å². The van der Waals surface area contributed by atoms with Crippen molar-refractivity contribution in [2.75, 3.05) is 26.2 Å². The molecule has 1 saturated heterocycles. The van der Waals surface area contributed by atoms with Crippen molar-refractivity contribution in [2.45, 2.75) is 24.9 Å². The molecule has 1 aromatic rings. The highest BCUT2D eigenvalue weighted by atomic mass is 79.9. The molecule has 0 spiro atoms. The molecule has 1 aliphatic heterocycles. The van der Waals surface area contributed by atoms with Gasteiger partial charge in [0.2, 0.25) is 0 Å². The van der Waals surface area contributed by atoms with E-state index < -0.39 is 5.60 Å². The fraction of sp³-hybridized carbons (Fsp3) is 0.571. The number of halogens is 1. The highest BCUT2D eigenvalue weighted by Crippen LogP contribution is 2.21. The number of nitrogens with zero attached hydrogens (tertiary/aromatic N) is 1. The van der Waals surface area contributed by atoms with Crippen LogP contribution in [0.5, 0.6) is 0 Å². The zero-order valence-corrected chi connectivity index (χ0v) is 12.2. The summed E-state index contributed by atoms with van der Waals surface area (Å²) in [6.45, 7) is 3.33. The van der Waals surface area contributed by atoms with E-state index in [0.29, 0.717) is 6.54 Å². The van der Waals surface area contributed by atoms with Crippen LogP contribution >= 0.6 is 15.9 Å². The Bertz CT molecular complexity index is 389. The molecule has 1 aliphatic rings. The number of nitrogens with two attached hydrogens (primary N) is 1. The lowest BCUT2D eigenvalue weighted by Crippen LogP contribution is -2.49. The Morgan fingerprint density at radius 3 is 2.67 bits per heavy atom. The van der Waals surface area contributed by atoms with Crippen LogP contribution in [0.4, 0.5) is 0 Å². The first-order chi connectivity index (χ1) is 8.61. The van der Waals surface area contributed by atoms with Crippen LogP contribution in [0.2, 0.25) is 0 Å². The Labute approximate surface area is 117 Å². The maximum Gasteiger partial charge on any atom is 0.0793 e. The number of piperidine rings is 1. The van der Waals surface area contributed by atoms with E-state index in [1.807, 2.05) is 6.07 Å². The molecule has 2 rings (SSSR count). The van der Waals surface area contributed by atoms with Crippen molar-refractivity contribution in [1.29, 1.82) is 0 Å². The molecule has 18 heavy (non-hydrogen) atoms. The number of hydrogen-bond acceptors (Lipinski definition) is 3. The summed E-state index contributed by atoms with van der Waals surface area (Å²) < 4.78 is 1.14. The minimum absolute atomic E-state index is 0.381. The summed E-state index contributed by atoms with van der Waals surface area (Å²) in [5.41, 5.74) is 6.32. The van der Waals surface area contributed by atoms with E-state index in [1.54, 1.807) is 0 Å². The highest BCUT2D eigenvalue weighted by molar-refractivity contribution is 9.10. The van der Waals surface area contributed by atoms with Gasteiger partial charge in [-0.25, -0.2) is 0 Å². The van der Waals surface area contributed by atoms with Crippen LogP contribution in [0.3, 0.4) is 0 Å². The van der Waals surface area contributed by atoms with Gasteiger partial charge in [0.1, 0.15) is 0 Å². The first-order valence-corrected chi connectivity index (χ1v) is 7.30. The number of hydrogen-bond donors (Lipinski definition) is 2. The summed E-state index contributed by atoms with van der Waals surface area (Å²) >= 11 is 3.49. The maximum absolute atomic E-state index is 10.1. The van der Waals surface area contributed by atoms with Gasteiger partial charge in [-0.1, -0.05) is 28.1 Å². The summed E-state index contributed by atoms with van der Waals surface area (Å²) in [5.74, 6) is 0. The van der Waals surface area contributed by atoms with Gasteiger partial charge in [0.25, 0.3) is 0 Å². The molecule has 0 saturated carbocycles. The van der Waals surface area contributed by atoms with Gasteiger partial charge in [0.05, 0.1) is 5.60 Å². The van der Waals surface area contributed by atoms with Gasteiger partial charge in [0, 0.05) is 30.7 Å². The van der Waals surface area contributed by atoms with E-state index in [-0.39, 0.29) is 0 Å². The summed E-state index contributed by atoms with van der Waals surface area (Å²) in [6.07, 6.45) is 2.64. The fourth-order valence-electron chi connectivity index (χ4n) is 2.38. The molecule has 100 valence electrons. The van der Waals surface area contributed by atoms with Gasteiger partial charge in [-0.3, -0.25) is 0 Å². The van der Waals surface area contributed by atoms with E-state index in [0.717, 1.165) is 43.4 Å². The molecule has 4 heteroatoms. The van der Waals surface area contributed by atoms with Gasteiger partial charge in [-0.05, 0) is 37.0 Å². The second kappa shape index (κ2) is 6.15. The SMILES string of the molecule is NCC1(O)CCN(CCc2cccc(Br)c2)CC1. The molecule has 0 unspecified atom stereocenters. The monoisotopic (exact) mass is 312 g/mol. The zero-order valence-electron chi connectivity index (χ0n) is 10.6. The molecule has 3 N–H and O–H groups in total. The van der Waals surface area contributed by atoms with Gasteiger partial charge >= 0.3 is 0 Å². The minimum atomic E-state index is -0.619. The minimum Gasteiger partial charge on any atom is -0.388 e. The van der Waals surface area contributed by atoms with Crippen LogP contribution in [0.15, 0.2) is 28.7 Å². The Kier molecular flexibility index (Phi) is 4.78. The van der Waals surface area contributed by atoms with E-state index in [1.165, 1.54) is 5.56 Å². The van der Waals surface area contributed by atoms with Crippen LogP contribution < -0.4 is 5.73 Å². The molecular formula is C14H21BrN2O. The van der Waals surface area contributed by atoms with Gasteiger partial charge in [-0.2, -0.15) is 0 Å². The van der Waals surface area contributed by atoms with Crippen molar-refractivity contribution < 1.29 is 5.11 Å². The molecule has 1 fully saturated rings. The molecule has 0 radical (unpaired) electrons. The molecule has 0 atom stereocenters.